The Balaban J connectivity index is 1.66. The summed E-state index contributed by atoms with van der Waals surface area (Å²) in [5.41, 5.74) is 0.289. The summed E-state index contributed by atoms with van der Waals surface area (Å²) in [5.74, 6) is 0.0284. The molecule has 0 radical (unpaired) electrons. The average Bonchev–Trinajstić information content (AvgIpc) is 3.18. The minimum Gasteiger partial charge on any atom is -0.454 e. The topological polar surface area (TPSA) is 102 Å². The molecule has 2 amide bonds. The minimum atomic E-state index is -3.08. The maximum absolute atomic E-state index is 12.7. The zero-order valence-electron chi connectivity index (χ0n) is 14.2. The van der Waals surface area contributed by atoms with Crippen LogP contribution < -0.4 is 14.8 Å². The van der Waals surface area contributed by atoms with E-state index in [-0.39, 0.29) is 41.3 Å². The third-order valence-electron chi connectivity index (χ3n) is 4.28. The van der Waals surface area contributed by atoms with E-state index in [0.717, 1.165) is 0 Å². The number of nitrogens with zero attached hydrogens (tertiary/aromatic N) is 1. The number of ether oxygens (including phenoxy) is 2. The predicted molar refractivity (Wildman–Crippen MR) is 94.4 cm³/mol. The fraction of sp³-hybridized carbons (Fsp3) is 0.500. The van der Waals surface area contributed by atoms with Crippen molar-refractivity contribution in [2.75, 3.05) is 31.4 Å². The van der Waals surface area contributed by atoms with Gasteiger partial charge in [-0.1, -0.05) is 11.6 Å². The molecule has 0 aromatic heterocycles. The zero-order chi connectivity index (χ0) is 18.9. The Morgan fingerprint density at radius 1 is 1.35 bits per heavy atom. The summed E-state index contributed by atoms with van der Waals surface area (Å²) in [7, 11) is -3.08. The van der Waals surface area contributed by atoms with Gasteiger partial charge in [-0.15, -0.1) is 0 Å². The lowest BCUT2D eigenvalue weighted by Crippen LogP contribution is -2.44. The van der Waals surface area contributed by atoms with Gasteiger partial charge >= 0.3 is 0 Å². The standard InChI is InChI=1S/C16H19ClN2O6S/c1-2-19(7-14(20)18-11-3-4-26(22,23)8-11)16(21)10-5-12(17)15-13(6-10)24-9-25-15/h5-6,11H,2-4,7-9H2,1H3,(H,18,20). The second-order valence-corrected chi connectivity index (χ2v) is 8.81. The second kappa shape index (κ2) is 7.32. The number of hydrogen-bond acceptors (Lipinski definition) is 6. The highest BCUT2D eigenvalue weighted by atomic mass is 35.5. The van der Waals surface area contributed by atoms with E-state index in [0.29, 0.717) is 24.5 Å². The summed E-state index contributed by atoms with van der Waals surface area (Å²) < 4.78 is 33.4. The number of fused-ring (bicyclic) bond motifs is 1. The van der Waals surface area contributed by atoms with Gasteiger partial charge in [-0.3, -0.25) is 9.59 Å². The Labute approximate surface area is 156 Å². The van der Waals surface area contributed by atoms with Crippen LogP contribution >= 0.6 is 11.6 Å². The van der Waals surface area contributed by atoms with Crippen molar-refractivity contribution in [3.63, 3.8) is 0 Å². The maximum atomic E-state index is 12.7. The molecule has 1 aromatic rings. The molecule has 2 aliphatic heterocycles. The van der Waals surface area contributed by atoms with Crippen molar-refractivity contribution in [3.05, 3.63) is 22.7 Å². The van der Waals surface area contributed by atoms with Crippen molar-refractivity contribution in [3.8, 4) is 11.5 Å². The van der Waals surface area contributed by atoms with Crippen LogP contribution in [0.15, 0.2) is 12.1 Å². The van der Waals surface area contributed by atoms with Gasteiger partial charge in [-0.2, -0.15) is 0 Å². The van der Waals surface area contributed by atoms with Crippen LogP contribution in [0.3, 0.4) is 0 Å². The minimum absolute atomic E-state index is 0.0386. The molecule has 1 N–H and O–H groups in total. The number of rotatable bonds is 5. The van der Waals surface area contributed by atoms with Gasteiger partial charge in [0.1, 0.15) is 0 Å². The number of sulfone groups is 1. The van der Waals surface area contributed by atoms with Crippen molar-refractivity contribution in [2.45, 2.75) is 19.4 Å². The van der Waals surface area contributed by atoms with Gasteiger partial charge in [0.05, 0.1) is 23.1 Å². The van der Waals surface area contributed by atoms with Crippen LogP contribution in [0.2, 0.25) is 5.02 Å². The molecule has 0 saturated carbocycles. The third kappa shape index (κ3) is 4.04. The van der Waals surface area contributed by atoms with Crippen molar-refractivity contribution < 1.29 is 27.5 Å². The highest BCUT2D eigenvalue weighted by Crippen LogP contribution is 2.40. The first kappa shape index (κ1) is 18.8. The van der Waals surface area contributed by atoms with E-state index in [1.165, 1.54) is 17.0 Å². The molecule has 1 atom stereocenters. The number of carbonyl (C=O) groups excluding carboxylic acids is 2. The van der Waals surface area contributed by atoms with Gasteiger partial charge < -0.3 is 19.7 Å². The van der Waals surface area contributed by atoms with Crippen LogP contribution in [0.25, 0.3) is 0 Å². The molecule has 0 aliphatic carbocycles. The third-order valence-corrected chi connectivity index (χ3v) is 6.32. The molecule has 2 aliphatic rings. The van der Waals surface area contributed by atoms with Gasteiger partial charge in [-0.25, -0.2) is 8.42 Å². The van der Waals surface area contributed by atoms with Crippen LogP contribution in [0.4, 0.5) is 0 Å². The SMILES string of the molecule is CCN(CC(=O)NC1CCS(=O)(=O)C1)C(=O)c1cc(Cl)c2c(c1)OCO2. The summed E-state index contributed by atoms with van der Waals surface area (Å²) >= 11 is 6.10. The molecule has 8 nitrogen and oxygen atoms in total. The average molecular weight is 403 g/mol. The molecule has 3 rings (SSSR count). The zero-order valence-corrected chi connectivity index (χ0v) is 15.7. The summed E-state index contributed by atoms with van der Waals surface area (Å²) in [5, 5.41) is 2.94. The molecule has 1 saturated heterocycles. The van der Waals surface area contributed by atoms with Crippen LogP contribution in [-0.2, 0) is 14.6 Å². The summed E-state index contributed by atoms with van der Waals surface area (Å²) in [6, 6.07) is 2.60. The summed E-state index contributed by atoms with van der Waals surface area (Å²) in [4.78, 5) is 26.3. The molecular weight excluding hydrogens is 384 g/mol. The van der Waals surface area contributed by atoms with Crippen LogP contribution in [0, 0.1) is 0 Å². The lowest BCUT2D eigenvalue weighted by molar-refractivity contribution is -0.122. The highest BCUT2D eigenvalue weighted by molar-refractivity contribution is 7.91. The molecule has 26 heavy (non-hydrogen) atoms. The fourth-order valence-corrected chi connectivity index (χ4v) is 4.89. The molecule has 1 fully saturated rings. The summed E-state index contributed by atoms with van der Waals surface area (Å²) in [6.45, 7) is 1.93. The Hall–Kier alpha value is -2.00. The molecule has 2 heterocycles. The van der Waals surface area contributed by atoms with Crippen molar-refractivity contribution in [1.82, 2.24) is 10.2 Å². The first-order chi connectivity index (χ1) is 12.3. The second-order valence-electron chi connectivity index (χ2n) is 6.18. The highest BCUT2D eigenvalue weighted by Gasteiger charge is 2.30. The maximum Gasteiger partial charge on any atom is 0.254 e. The number of nitrogens with one attached hydrogen (secondary N) is 1. The van der Waals surface area contributed by atoms with E-state index in [1.54, 1.807) is 6.92 Å². The smallest absolute Gasteiger partial charge is 0.254 e. The Bertz CT molecular complexity index is 841. The molecule has 10 heteroatoms. The monoisotopic (exact) mass is 402 g/mol. The van der Waals surface area contributed by atoms with Crippen molar-refractivity contribution in [2.24, 2.45) is 0 Å². The number of amides is 2. The lowest BCUT2D eigenvalue weighted by Gasteiger charge is -2.22. The van der Waals surface area contributed by atoms with Gasteiger partial charge in [0.2, 0.25) is 12.7 Å². The number of carbonyl (C=O) groups is 2. The lowest BCUT2D eigenvalue weighted by atomic mass is 10.1. The number of hydrogen-bond donors (Lipinski definition) is 1. The van der Waals surface area contributed by atoms with Gasteiger partial charge in [0.15, 0.2) is 21.3 Å². The largest absolute Gasteiger partial charge is 0.454 e. The van der Waals surface area contributed by atoms with Crippen molar-refractivity contribution in [1.29, 1.82) is 0 Å². The molecule has 142 valence electrons. The van der Waals surface area contributed by atoms with E-state index in [9.17, 15) is 18.0 Å². The molecule has 0 bridgehead atoms. The van der Waals surface area contributed by atoms with Gasteiger partial charge in [0.25, 0.3) is 5.91 Å². The Kier molecular flexibility index (Phi) is 5.29. The normalized spacial score (nSPS) is 20.0. The van der Waals surface area contributed by atoms with E-state index in [1.807, 2.05) is 0 Å². The quantitative estimate of drug-likeness (QED) is 0.782. The number of benzene rings is 1. The Morgan fingerprint density at radius 2 is 2.12 bits per heavy atom. The molecule has 0 spiro atoms. The van der Waals surface area contributed by atoms with Crippen molar-refractivity contribution >= 4 is 33.3 Å². The van der Waals surface area contributed by atoms with Gasteiger partial charge in [-0.05, 0) is 25.5 Å². The molecule has 1 unspecified atom stereocenters. The predicted octanol–water partition coefficient (Wildman–Crippen LogP) is 0.834. The summed E-state index contributed by atoms with van der Waals surface area (Å²) in [6.07, 6.45) is 0.395. The molecular formula is C16H19ClN2O6S. The van der Waals surface area contributed by atoms with Gasteiger partial charge in [0, 0.05) is 18.2 Å². The van der Waals surface area contributed by atoms with E-state index in [4.69, 9.17) is 21.1 Å². The number of halogens is 1. The number of likely N-dealkylation sites (N-methyl/N-ethyl adjacent to an activating group) is 1. The van der Waals surface area contributed by atoms with E-state index >= 15 is 0 Å². The first-order valence-corrected chi connectivity index (χ1v) is 10.4. The fourth-order valence-electron chi connectivity index (χ4n) is 2.96. The van der Waals surface area contributed by atoms with E-state index < -0.39 is 21.8 Å². The Morgan fingerprint density at radius 3 is 2.77 bits per heavy atom. The van der Waals surface area contributed by atoms with Crippen LogP contribution in [0.5, 0.6) is 11.5 Å². The first-order valence-electron chi connectivity index (χ1n) is 8.17. The van der Waals surface area contributed by atoms with Crippen LogP contribution in [0.1, 0.15) is 23.7 Å². The van der Waals surface area contributed by atoms with E-state index in [2.05, 4.69) is 5.32 Å². The van der Waals surface area contributed by atoms with Crippen LogP contribution in [-0.4, -0.2) is 62.6 Å². The molecule has 1 aromatic carbocycles.